The molecule has 76 valence electrons. The van der Waals surface area contributed by atoms with Gasteiger partial charge in [0.15, 0.2) is 0 Å². The molecular weight excluding hydrogens is 184 g/mol. The van der Waals surface area contributed by atoms with Crippen molar-refractivity contribution in [3.8, 4) is 0 Å². The lowest BCUT2D eigenvalue weighted by Crippen LogP contribution is -2.35. The molecule has 1 aliphatic heterocycles. The number of aryl methyl sites for hydroxylation is 1. The first-order valence-corrected chi connectivity index (χ1v) is 4.53. The molecule has 1 fully saturated rings. The second-order valence-corrected chi connectivity index (χ2v) is 3.28. The SMILES string of the molecule is Cc1nc(C(=O)NC2CCOC2)n[nH]1. The Hall–Kier alpha value is -1.43. The number of nitrogens with one attached hydrogen (secondary N) is 2. The molecule has 0 aliphatic carbocycles. The number of carbonyl (C=O) groups excluding carboxylic acids is 1. The van der Waals surface area contributed by atoms with Crippen LogP contribution in [0, 0.1) is 6.92 Å². The summed E-state index contributed by atoms with van der Waals surface area (Å²) in [6, 6.07) is 0.0984. The Bertz CT molecular complexity index is 330. The van der Waals surface area contributed by atoms with Crippen LogP contribution in [0.5, 0.6) is 0 Å². The zero-order valence-corrected chi connectivity index (χ0v) is 7.91. The van der Waals surface area contributed by atoms with Gasteiger partial charge in [-0.3, -0.25) is 9.89 Å². The summed E-state index contributed by atoms with van der Waals surface area (Å²) in [5.41, 5.74) is 0. The third kappa shape index (κ3) is 1.90. The standard InChI is InChI=1S/C8H12N4O2/c1-5-9-7(12-11-5)8(13)10-6-2-3-14-4-6/h6H,2-4H2,1H3,(H,10,13)(H,9,11,12). The molecule has 6 heteroatoms. The molecule has 0 radical (unpaired) electrons. The van der Waals surface area contributed by atoms with E-state index in [2.05, 4.69) is 20.5 Å². The van der Waals surface area contributed by atoms with Crippen LogP contribution in [-0.2, 0) is 4.74 Å². The van der Waals surface area contributed by atoms with Crippen molar-refractivity contribution in [3.63, 3.8) is 0 Å². The van der Waals surface area contributed by atoms with Crippen LogP contribution in [0.4, 0.5) is 0 Å². The summed E-state index contributed by atoms with van der Waals surface area (Å²) < 4.78 is 5.14. The average molecular weight is 196 g/mol. The predicted molar refractivity (Wildman–Crippen MR) is 47.8 cm³/mol. The topological polar surface area (TPSA) is 79.9 Å². The summed E-state index contributed by atoms with van der Waals surface area (Å²) in [6.45, 7) is 3.04. The van der Waals surface area contributed by atoms with E-state index in [1.165, 1.54) is 0 Å². The van der Waals surface area contributed by atoms with Gasteiger partial charge in [-0.25, -0.2) is 4.98 Å². The number of amides is 1. The molecule has 1 atom stereocenters. The van der Waals surface area contributed by atoms with Crippen molar-refractivity contribution in [2.24, 2.45) is 0 Å². The van der Waals surface area contributed by atoms with Gasteiger partial charge in [0, 0.05) is 6.61 Å². The van der Waals surface area contributed by atoms with E-state index in [4.69, 9.17) is 4.74 Å². The minimum Gasteiger partial charge on any atom is -0.379 e. The molecule has 1 unspecified atom stereocenters. The highest BCUT2D eigenvalue weighted by molar-refractivity contribution is 5.90. The molecular formula is C8H12N4O2. The van der Waals surface area contributed by atoms with E-state index in [1.807, 2.05) is 0 Å². The maximum atomic E-state index is 11.5. The van der Waals surface area contributed by atoms with Crippen LogP contribution in [0.25, 0.3) is 0 Å². The summed E-state index contributed by atoms with van der Waals surface area (Å²) in [5.74, 6) is 0.581. The highest BCUT2D eigenvalue weighted by Crippen LogP contribution is 2.03. The van der Waals surface area contributed by atoms with Gasteiger partial charge in [-0.1, -0.05) is 0 Å². The van der Waals surface area contributed by atoms with Crippen molar-refractivity contribution in [2.75, 3.05) is 13.2 Å². The van der Waals surface area contributed by atoms with Gasteiger partial charge in [0.25, 0.3) is 5.91 Å². The molecule has 0 aromatic carbocycles. The molecule has 1 saturated heterocycles. The highest BCUT2D eigenvalue weighted by atomic mass is 16.5. The lowest BCUT2D eigenvalue weighted by Gasteiger charge is -2.07. The molecule has 14 heavy (non-hydrogen) atoms. The number of aromatic amines is 1. The average Bonchev–Trinajstić information content (AvgIpc) is 2.75. The third-order valence-electron chi connectivity index (χ3n) is 2.07. The Morgan fingerprint density at radius 2 is 2.57 bits per heavy atom. The van der Waals surface area contributed by atoms with Crippen molar-refractivity contribution in [2.45, 2.75) is 19.4 Å². The quantitative estimate of drug-likeness (QED) is 0.676. The molecule has 0 bridgehead atoms. The van der Waals surface area contributed by atoms with Crippen LogP contribution in [0.3, 0.4) is 0 Å². The van der Waals surface area contributed by atoms with E-state index in [0.717, 1.165) is 6.42 Å². The van der Waals surface area contributed by atoms with Gasteiger partial charge in [-0.05, 0) is 13.3 Å². The third-order valence-corrected chi connectivity index (χ3v) is 2.07. The van der Waals surface area contributed by atoms with Crippen LogP contribution in [0.15, 0.2) is 0 Å². The van der Waals surface area contributed by atoms with Gasteiger partial charge in [0.2, 0.25) is 5.82 Å². The van der Waals surface area contributed by atoms with Crippen molar-refractivity contribution in [1.82, 2.24) is 20.5 Å². The van der Waals surface area contributed by atoms with E-state index >= 15 is 0 Å². The molecule has 1 amide bonds. The van der Waals surface area contributed by atoms with Crippen LogP contribution in [-0.4, -0.2) is 40.3 Å². The van der Waals surface area contributed by atoms with E-state index in [0.29, 0.717) is 19.0 Å². The van der Waals surface area contributed by atoms with Gasteiger partial charge < -0.3 is 10.1 Å². The summed E-state index contributed by atoms with van der Waals surface area (Å²) in [5, 5.41) is 9.19. The van der Waals surface area contributed by atoms with E-state index < -0.39 is 0 Å². The number of carbonyl (C=O) groups is 1. The fourth-order valence-electron chi connectivity index (χ4n) is 1.34. The van der Waals surface area contributed by atoms with Crippen LogP contribution in [0.1, 0.15) is 22.9 Å². The minimum absolute atomic E-state index is 0.0984. The zero-order chi connectivity index (χ0) is 9.97. The van der Waals surface area contributed by atoms with Crippen LogP contribution < -0.4 is 5.32 Å². The Morgan fingerprint density at radius 1 is 1.71 bits per heavy atom. The van der Waals surface area contributed by atoms with E-state index in [1.54, 1.807) is 6.92 Å². The molecule has 2 rings (SSSR count). The minimum atomic E-state index is -0.246. The molecule has 0 saturated carbocycles. The van der Waals surface area contributed by atoms with Crippen LogP contribution >= 0.6 is 0 Å². The molecule has 2 N–H and O–H groups in total. The number of nitrogens with zero attached hydrogens (tertiary/aromatic N) is 2. The van der Waals surface area contributed by atoms with Crippen molar-refractivity contribution in [3.05, 3.63) is 11.6 Å². The lowest BCUT2D eigenvalue weighted by molar-refractivity contribution is 0.0920. The van der Waals surface area contributed by atoms with Crippen molar-refractivity contribution >= 4 is 5.91 Å². The monoisotopic (exact) mass is 196 g/mol. The first-order valence-electron chi connectivity index (χ1n) is 4.53. The molecule has 6 nitrogen and oxygen atoms in total. The predicted octanol–water partition coefficient (Wildman–Crippen LogP) is -0.368. The zero-order valence-electron chi connectivity index (χ0n) is 7.91. The normalized spacial score (nSPS) is 21.1. The maximum absolute atomic E-state index is 11.5. The fourth-order valence-corrected chi connectivity index (χ4v) is 1.34. The van der Waals surface area contributed by atoms with Gasteiger partial charge in [-0.15, -0.1) is 5.10 Å². The smallest absolute Gasteiger partial charge is 0.291 e. The van der Waals surface area contributed by atoms with Gasteiger partial charge in [0.05, 0.1) is 12.6 Å². The highest BCUT2D eigenvalue weighted by Gasteiger charge is 2.20. The Morgan fingerprint density at radius 3 is 3.14 bits per heavy atom. The van der Waals surface area contributed by atoms with Gasteiger partial charge in [-0.2, -0.15) is 0 Å². The number of aromatic nitrogens is 3. The second kappa shape index (κ2) is 3.75. The number of hydrogen-bond donors (Lipinski definition) is 2. The molecule has 2 heterocycles. The number of rotatable bonds is 2. The van der Waals surface area contributed by atoms with E-state index in [-0.39, 0.29) is 17.8 Å². The van der Waals surface area contributed by atoms with Crippen LogP contribution in [0.2, 0.25) is 0 Å². The molecule has 1 aromatic rings. The number of H-pyrrole nitrogens is 1. The lowest BCUT2D eigenvalue weighted by atomic mass is 10.2. The summed E-state index contributed by atoms with van der Waals surface area (Å²) >= 11 is 0. The maximum Gasteiger partial charge on any atom is 0.291 e. The van der Waals surface area contributed by atoms with Crippen molar-refractivity contribution < 1.29 is 9.53 Å². The van der Waals surface area contributed by atoms with Gasteiger partial charge >= 0.3 is 0 Å². The first kappa shape index (κ1) is 9.14. The van der Waals surface area contributed by atoms with Gasteiger partial charge in [0.1, 0.15) is 5.82 Å². The number of hydrogen-bond acceptors (Lipinski definition) is 4. The number of ether oxygens (including phenoxy) is 1. The van der Waals surface area contributed by atoms with E-state index in [9.17, 15) is 4.79 Å². The molecule has 1 aromatic heterocycles. The summed E-state index contributed by atoms with van der Waals surface area (Å²) in [7, 11) is 0. The summed E-state index contributed by atoms with van der Waals surface area (Å²) in [4.78, 5) is 15.4. The Labute approximate surface area is 81.1 Å². The second-order valence-electron chi connectivity index (χ2n) is 3.28. The molecule has 1 aliphatic rings. The fraction of sp³-hybridized carbons (Fsp3) is 0.625. The Kier molecular flexibility index (Phi) is 2.45. The first-order chi connectivity index (χ1) is 6.75. The summed E-state index contributed by atoms with van der Waals surface area (Å²) in [6.07, 6.45) is 0.856. The largest absolute Gasteiger partial charge is 0.379 e. The van der Waals surface area contributed by atoms with Crippen molar-refractivity contribution in [1.29, 1.82) is 0 Å². The molecule has 0 spiro atoms. The Balaban J connectivity index is 1.95.